The second-order valence-electron chi connectivity index (χ2n) is 6.89. The highest BCUT2D eigenvalue weighted by molar-refractivity contribution is 7.92. The summed E-state index contributed by atoms with van der Waals surface area (Å²) in [5.41, 5.74) is 0.553. The van der Waals surface area contributed by atoms with Crippen LogP contribution in [0.1, 0.15) is 0 Å². The lowest BCUT2D eigenvalue weighted by atomic mass is 10.3. The standard InChI is InChI=1S/C20H22FN3O4S2/c1-23(2)10-11-24(20-22-17-9-4-14(21)12-18(17)29-20)19(25)13-30(26,27)16-7-5-15(28-3)6-8-16/h4-9,12H,10-11,13H2,1-3H3. The lowest BCUT2D eigenvalue weighted by Gasteiger charge is -2.22. The number of carbonyl (C=O) groups is 1. The van der Waals surface area contributed by atoms with Crippen molar-refractivity contribution in [2.75, 3.05) is 44.9 Å². The SMILES string of the molecule is COc1ccc(S(=O)(=O)CC(=O)N(CCN(C)C)c2nc3ccc(F)cc3s2)cc1. The molecule has 1 amide bonds. The molecule has 0 bridgehead atoms. The van der Waals surface area contributed by atoms with E-state index in [2.05, 4.69) is 4.98 Å². The van der Waals surface area contributed by atoms with Crippen molar-refractivity contribution in [1.29, 1.82) is 0 Å². The zero-order chi connectivity index (χ0) is 21.9. The Morgan fingerprint density at radius 2 is 1.83 bits per heavy atom. The number of benzene rings is 2. The lowest BCUT2D eigenvalue weighted by Crippen LogP contribution is -2.40. The summed E-state index contributed by atoms with van der Waals surface area (Å²) in [6.07, 6.45) is 0. The van der Waals surface area contributed by atoms with Crippen LogP contribution in [0.2, 0.25) is 0 Å². The number of aromatic nitrogens is 1. The van der Waals surface area contributed by atoms with E-state index in [0.717, 1.165) is 11.3 Å². The van der Waals surface area contributed by atoms with E-state index < -0.39 is 27.3 Å². The van der Waals surface area contributed by atoms with E-state index in [1.165, 1.54) is 54.5 Å². The number of amides is 1. The van der Waals surface area contributed by atoms with Crippen LogP contribution in [-0.4, -0.2) is 64.3 Å². The van der Waals surface area contributed by atoms with Crippen molar-refractivity contribution in [3.63, 3.8) is 0 Å². The molecule has 1 heterocycles. The molecule has 1 aromatic heterocycles. The summed E-state index contributed by atoms with van der Waals surface area (Å²) in [5, 5.41) is 0.340. The number of halogens is 1. The number of fused-ring (bicyclic) bond motifs is 1. The predicted octanol–water partition coefficient (Wildman–Crippen LogP) is 2.81. The fraction of sp³-hybridized carbons (Fsp3) is 0.300. The Bertz CT molecular complexity index is 1140. The van der Waals surface area contributed by atoms with Crippen LogP contribution in [0, 0.1) is 5.82 Å². The number of nitrogens with zero attached hydrogens (tertiary/aromatic N) is 3. The Kier molecular flexibility index (Phi) is 6.69. The highest BCUT2D eigenvalue weighted by atomic mass is 32.2. The fourth-order valence-corrected chi connectivity index (χ4v) is 4.97. The first-order valence-corrected chi connectivity index (χ1v) is 11.5. The molecule has 3 rings (SSSR count). The van der Waals surface area contributed by atoms with Gasteiger partial charge in [0.05, 0.1) is 22.2 Å². The zero-order valence-corrected chi connectivity index (χ0v) is 18.5. The van der Waals surface area contributed by atoms with Gasteiger partial charge in [0.25, 0.3) is 0 Å². The number of anilines is 1. The van der Waals surface area contributed by atoms with Crippen LogP contribution in [0.5, 0.6) is 5.75 Å². The highest BCUT2D eigenvalue weighted by Crippen LogP contribution is 2.30. The minimum Gasteiger partial charge on any atom is -0.497 e. The van der Waals surface area contributed by atoms with Crippen LogP contribution >= 0.6 is 11.3 Å². The fourth-order valence-electron chi connectivity index (χ4n) is 2.74. The number of ether oxygens (including phenoxy) is 1. The molecule has 3 aromatic rings. The van der Waals surface area contributed by atoms with Gasteiger partial charge in [-0.05, 0) is 56.6 Å². The van der Waals surface area contributed by atoms with Crippen LogP contribution in [0.25, 0.3) is 10.2 Å². The van der Waals surface area contributed by atoms with Crippen molar-refractivity contribution in [1.82, 2.24) is 9.88 Å². The number of methoxy groups -OCH3 is 1. The second kappa shape index (κ2) is 9.07. The maximum absolute atomic E-state index is 13.5. The smallest absolute Gasteiger partial charge is 0.244 e. The quantitative estimate of drug-likeness (QED) is 0.524. The summed E-state index contributed by atoms with van der Waals surface area (Å²) < 4.78 is 44.7. The van der Waals surface area contributed by atoms with Gasteiger partial charge in [-0.1, -0.05) is 11.3 Å². The van der Waals surface area contributed by atoms with Crippen LogP contribution in [-0.2, 0) is 14.6 Å². The summed E-state index contributed by atoms with van der Waals surface area (Å²) in [6, 6.07) is 10.1. The summed E-state index contributed by atoms with van der Waals surface area (Å²) in [6.45, 7) is 0.769. The molecule has 2 aromatic carbocycles. The summed E-state index contributed by atoms with van der Waals surface area (Å²) in [7, 11) is 1.33. The minimum atomic E-state index is -3.86. The first-order valence-electron chi connectivity index (χ1n) is 9.07. The topological polar surface area (TPSA) is 79.8 Å². The lowest BCUT2D eigenvalue weighted by molar-refractivity contribution is -0.116. The van der Waals surface area contributed by atoms with Crippen molar-refractivity contribution >= 4 is 42.4 Å². The van der Waals surface area contributed by atoms with Crippen molar-refractivity contribution in [3.05, 3.63) is 48.3 Å². The predicted molar refractivity (Wildman–Crippen MR) is 116 cm³/mol. The Labute approximate surface area is 178 Å². The van der Waals surface area contributed by atoms with Gasteiger partial charge in [0.15, 0.2) is 15.0 Å². The van der Waals surface area contributed by atoms with Gasteiger partial charge < -0.3 is 9.64 Å². The molecule has 0 spiro atoms. The van der Waals surface area contributed by atoms with Gasteiger partial charge in [-0.25, -0.2) is 17.8 Å². The van der Waals surface area contributed by atoms with E-state index >= 15 is 0 Å². The molecular formula is C20H22FN3O4S2. The van der Waals surface area contributed by atoms with E-state index in [9.17, 15) is 17.6 Å². The van der Waals surface area contributed by atoms with E-state index in [-0.39, 0.29) is 11.4 Å². The Morgan fingerprint density at radius 3 is 2.47 bits per heavy atom. The van der Waals surface area contributed by atoms with Crippen molar-refractivity contribution in [2.45, 2.75) is 4.90 Å². The van der Waals surface area contributed by atoms with Crippen molar-refractivity contribution in [2.24, 2.45) is 0 Å². The maximum Gasteiger partial charge on any atom is 0.244 e. The van der Waals surface area contributed by atoms with E-state index in [1.54, 1.807) is 0 Å². The molecule has 10 heteroatoms. The molecule has 30 heavy (non-hydrogen) atoms. The summed E-state index contributed by atoms with van der Waals surface area (Å²) in [4.78, 5) is 20.7. The number of hydrogen-bond acceptors (Lipinski definition) is 7. The zero-order valence-electron chi connectivity index (χ0n) is 16.8. The highest BCUT2D eigenvalue weighted by Gasteiger charge is 2.26. The third-order valence-electron chi connectivity index (χ3n) is 4.37. The molecule has 0 radical (unpaired) electrons. The maximum atomic E-state index is 13.5. The van der Waals surface area contributed by atoms with Gasteiger partial charge in [-0.2, -0.15) is 0 Å². The molecule has 160 valence electrons. The monoisotopic (exact) mass is 451 g/mol. The average Bonchev–Trinajstić information content (AvgIpc) is 3.10. The molecule has 0 aliphatic rings. The third kappa shape index (κ3) is 5.13. The second-order valence-corrected chi connectivity index (χ2v) is 9.89. The van der Waals surface area contributed by atoms with Crippen LogP contribution in [0.3, 0.4) is 0 Å². The Hall–Kier alpha value is -2.56. The molecule has 0 atom stereocenters. The largest absolute Gasteiger partial charge is 0.497 e. The summed E-state index contributed by atoms with van der Waals surface area (Å²) >= 11 is 1.15. The molecular weight excluding hydrogens is 429 g/mol. The van der Waals surface area contributed by atoms with Gasteiger partial charge in [0, 0.05) is 13.1 Å². The average molecular weight is 452 g/mol. The van der Waals surface area contributed by atoms with Crippen molar-refractivity contribution < 1.29 is 22.3 Å². The number of likely N-dealkylation sites (N-methyl/N-ethyl adjacent to an activating group) is 1. The molecule has 0 saturated heterocycles. The van der Waals surface area contributed by atoms with Crippen LogP contribution in [0.4, 0.5) is 9.52 Å². The minimum absolute atomic E-state index is 0.0376. The molecule has 0 saturated carbocycles. The molecule has 0 unspecified atom stereocenters. The van der Waals surface area contributed by atoms with Gasteiger partial charge in [-0.3, -0.25) is 9.69 Å². The summed E-state index contributed by atoms with van der Waals surface area (Å²) in [5.74, 6) is -1.16. The first-order chi connectivity index (χ1) is 14.2. The number of rotatable bonds is 8. The first kappa shape index (κ1) is 22.1. The normalized spacial score (nSPS) is 11.8. The molecule has 0 aliphatic heterocycles. The van der Waals surface area contributed by atoms with Crippen molar-refractivity contribution in [3.8, 4) is 5.75 Å². The van der Waals surface area contributed by atoms with E-state index in [0.29, 0.717) is 27.6 Å². The third-order valence-corrected chi connectivity index (χ3v) is 7.03. The number of thiazole rings is 1. The van der Waals surface area contributed by atoms with Crippen LogP contribution < -0.4 is 9.64 Å². The molecule has 7 nitrogen and oxygen atoms in total. The Balaban J connectivity index is 1.89. The van der Waals surface area contributed by atoms with Gasteiger partial charge in [-0.15, -0.1) is 0 Å². The molecule has 0 N–H and O–H groups in total. The van der Waals surface area contributed by atoms with Gasteiger partial charge in [0.1, 0.15) is 17.3 Å². The Morgan fingerprint density at radius 1 is 1.13 bits per heavy atom. The number of carbonyl (C=O) groups excluding carboxylic acids is 1. The number of hydrogen-bond donors (Lipinski definition) is 0. The van der Waals surface area contributed by atoms with Gasteiger partial charge in [0.2, 0.25) is 5.91 Å². The van der Waals surface area contributed by atoms with E-state index in [1.807, 2.05) is 19.0 Å². The molecule has 0 fully saturated rings. The van der Waals surface area contributed by atoms with E-state index in [4.69, 9.17) is 4.74 Å². The molecule has 0 aliphatic carbocycles. The van der Waals surface area contributed by atoms with Gasteiger partial charge >= 0.3 is 0 Å². The number of sulfone groups is 1. The van der Waals surface area contributed by atoms with Crippen LogP contribution in [0.15, 0.2) is 47.4 Å².